The number of rotatable bonds is 4. The summed E-state index contributed by atoms with van der Waals surface area (Å²) in [6, 6.07) is 3.52. The molecule has 5 heteroatoms. The lowest BCUT2D eigenvalue weighted by atomic mass is 10.0. The summed E-state index contributed by atoms with van der Waals surface area (Å²) in [6.07, 6.45) is 2.15. The zero-order valence-electron chi connectivity index (χ0n) is 13.1. The number of hydrogen-bond donors (Lipinski definition) is 1. The largest absolute Gasteiger partial charge is 0.384 e. The van der Waals surface area contributed by atoms with Crippen molar-refractivity contribution in [3.8, 4) is 0 Å². The first-order valence-corrected chi connectivity index (χ1v) is 7.69. The second kappa shape index (κ2) is 6.89. The van der Waals surface area contributed by atoms with E-state index in [4.69, 9.17) is 10.5 Å². The van der Waals surface area contributed by atoms with E-state index < -0.39 is 0 Å². The molecule has 2 rings (SSSR count). The SMILES string of the molecule is CCOC1CCCN(C(=O)c2cc(N)nc(C(C)C)c2)C1. The molecule has 1 aromatic heterocycles. The maximum absolute atomic E-state index is 12.7. The summed E-state index contributed by atoms with van der Waals surface area (Å²) in [7, 11) is 0. The summed E-state index contributed by atoms with van der Waals surface area (Å²) in [6.45, 7) is 8.20. The van der Waals surface area contributed by atoms with Crippen molar-refractivity contribution in [2.75, 3.05) is 25.4 Å². The van der Waals surface area contributed by atoms with Gasteiger partial charge in [-0.15, -0.1) is 0 Å². The Balaban J connectivity index is 2.15. The van der Waals surface area contributed by atoms with Gasteiger partial charge in [-0.3, -0.25) is 4.79 Å². The van der Waals surface area contributed by atoms with Crippen molar-refractivity contribution in [3.05, 3.63) is 23.4 Å². The molecular weight excluding hydrogens is 266 g/mol. The highest BCUT2D eigenvalue weighted by molar-refractivity contribution is 5.95. The summed E-state index contributed by atoms with van der Waals surface area (Å²) in [5.41, 5.74) is 7.32. The van der Waals surface area contributed by atoms with E-state index in [0.29, 0.717) is 24.5 Å². The van der Waals surface area contributed by atoms with E-state index in [9.17, 15) is 4.79 Å². The minimum absolute atomic E-state index is 0.0235. The Morgan fingerprint density at radius 3 is 2.95 bits per heavy atom. The molecule has 1 saturated heterocycles. The monoisotopic (exact) mass is 291 g/mol. The molecule has 0 saturated carbocycles. The molecule has 1 fully saturated rings. The molecule has 0 bridgehead atoms. The number of carbonyl (C=O) groups is 1. The molecule has 5 nitrogen and oxygen atoms in total. The number of ether oxygens (including phenoxy) is 1. The molecule has 1 unspecified atom stereocenters. The first-order valence-electron chi connectivity index (χ1n) is 7.69. The topological polar surface area (TPSA) is 68.5 Å². The number of nitrogens with two attached hydrogens (primary N) is 1. The molecule has 116 valence electrons. The zero-order valence-corrected chi connectivity index (χ0v) is 13.1. The van der Waals surface area contributed by atoms with Gasteiger partial charge in [0.2, 0.25) is 0 Å². The zero-order chi connectivity index (χ0) is 15.4. The highest BCUT2D eigenvalue weighted by Gasteiger charge is 2.25. The van der Waals surface area contributed by atoms with Crippen LogP contribution >= 0.6 is 0 Å². The molecule has 1 aliphatic heterocycles. The van der Waals surface area contributed by atoms with Gasteiger partial charge >= 0.3 is 0 Å². The fourth-order valence-corrected chi connectivity index (χ4v) is 2.67. The van der Waals surface area contributed by atoms with Gasteiger partial charge in [-0.1, -0.05) is 13.8 Å². The lowest BCUT2D eigenvalue weighted by Crippen LogP contribution is -2.43. The van der Waals surface area contributed by atoms with Crippen LogP contribution in [0.15, 0.2) is 12.1 Å². The number of aromatic nitrogens is 1. The van der Waals surface area contributed by atoms with Gasteiger partial charge in [0.05, 0.1) is 6.10 Å². The molecule has 1 aliphatic rings. The molecule has 1 amide bonds. The number of pyridine rings is 1. The molecule has 1 atom stereocenters. The van der Waals surface area contributed by atoms with Gasteiger partial charge in [0, 0.05) is 31.0 Å². The number of piperidine rings is 1. The Hall–Kier alpha value is -1.62. The van der Waals surface area contributed by atoms with E-state index in [2.05, 4.69) is 4.98 Å². The fourth-order valence-electron chi connectivity index (χ4n) is 2.67. The molecule has 0 radical (unpaired) electrons. The summed E-state index contributed by atoms with van der Waals surface area (Å²) in [5, 5.41) is 0. The van der Waals surface area contributed by atoms with Crippen molar-refractivity contribution in [2.45, 2.75) is 45.6 Å². The van der Waals surface area contributed by atoms with Crippen LogP contribution in [0.5, 0.6) is 0 Å². The maximum atomic E-state index is 12.7. The number of hydrogen-bond acceptors (Lipinski definition) is 4. The Morgan fingerprint density at radius 2 is 2.29 bits per heavy atom. The number of nitrogen functional groups attached to an aromatic ring is 1. The Morgan fingerprint density at radius 1 is 1.52 bits per heavy atom. The number of nitrogens with zero attached hydrogens (tertiary/aromatic N) is 2. The summed E-state index contributed by atoms with van der Waals surface area (Å²) in [4.78, 5) is 18.8. The van der Waals surface area contributed by atoms with E-state index in [-0.39, 0.29) is 17.9 Å². The number of amides is 1. The molecular formula is C16H25N3O2. The second-order valence-corrected chi connectivity index (χ2v) is 5.83. The summed E-state index contributed by atoms with van der Waals surface area (Å²) in [5.74, 6) is 0.677. The lowest BCUT2D eigenvalue weighted by molar-refractivity contribution is 0.00724. The van der Waals surface area contributed by atoms with Gasteiger partial charge in [-0.2, -0.15) is 0 Å². The Labute approximate surface area is 126 Å². The van der Waals surface area contributed by atoms with Crippen LogP contribution in [-0.4, -0.2) is 41.6 Å². The van der Waals surface area contributed by atoms with Crippen LogP contribution in [-0.2, 0) is 4.74 Å². The highest BCUT2D eigenvalue weighted by Crippen LogP contribution is 2.20. The van der Waals surface area contributed by atoms with Gasteiger partial charge in [-0.25, -0.2) is 4.98 Å². The molecule has 0 aliphatic carbocycles. The van der Waals surface area contributed by atoms with Crippen LogP contribution in [0.4, 0.5) is 5.82 Å². The molecule has 2 N–H and O–H groups in total. The van der Waals surface area contributed by atoms with Crippen LogP contribution in [0, 0.1) is 0 Å². The first-order chi connectivity index (χ1) is 10.0. The molecule has 2 heterocycles. The van der Waals surface area contributed by atoms with E-state index in [1.54, 1.807) is 6.07 Å². The fraction of sp³-hybridized carbons (Fsp3) is 0.625. The van der Waals surface area contributed by atoms with Crippen molar-refractivity contribution in [3.63, 3.8) is 0 Å². The Bertz CT molecular complexity index is 500. The van der Waals surface area contributed by atoms with E-state index in [1.807, 2.05) is 31.7 Å². The first kappa shape index (κ1) is 15.8. The van der Waals surface area contributed by atoms with Gasteiger partial charge in [-0.05, 0) is 37.8 Å². The van der Waals surface area contributed by atoms with Gasteiger partial charge in [0.1, 0.15) is 5.82 Å². The minimum atomic E-state index is 0.0235. The lowest BCUT2D eigenvalue weighted by Gasteiger charge is -2.32. The second-order valence-electron chi connectivity index (χ2n) is 5.83. The van der Waals surface area contributed by atoms with Crippen molar-refractivity contribution in [1.29, 1.82) is 0 Å². The van der Waals surface area contributed by atoms with Crippen molar-refractivity contribution in [2.24, 2.45) is 0 Å². The van der Waals surface area contributed by atoms with Crippen LogP contribution in [0.1, 0.15) is 55.6 Å². The third-order valence-corrected chi connectivity index (χ3v) is 3.77. The Kier molecular flexibility index (Phi) is 5.17. The van der Waals surface area contributed by atoms with Crippen molar-refractivity contribution < 1.29 is 9.53 Å². The van der Waals surface area contributed by atoms with Crippen LogP contribution in [0.2, 0.25) is 0 Å². The average Bonchev–Trinajstić information content (AvgIpc) is 2.46. The number of likely N-dealkylation sites (tertiary alicyclic amines) is 1. The highest BCUT2D eigenvalue weighted by atomic mass is 16.5. The summed E-state index contributed by atoms with van der Waals surface area (Å²) >= 11 is 0. The predicted molar refractivity (Wildman–Crippen MR) is 83.3 cm³/mol. The van der Waals surface area contributed by atoms with Gasteiger partial charge < -0.3 is 15.4 Å². The van der Waals surface area contributed by atoms with Gasteiger partial charge in [0.25, 0.3) is 5.91 Å². The molecule has 0 spiro atoms. The standard InChI is InChI=1S/C16H25N3O2/c1-4-21-13-6-5-7-19(10-13)16(20)12-8-14(11(2)3)18-15(17)9-12/h8-9,11,13H,4-7,10H2,1-3H3,(H2,17,18). The van der Waals surface area contributed by atoms with Crippen molar-refractivity contribution >= 4 is 11.7 Å². The van der Waals surface area contributed by atoms with Crippen LogP contribution < -0.4 is 5.73 Å². The normalized spacial score (nSPS) is 19.0. The van der Waals surface area contributed by atoms with E-state index in [1.165, 1.54) is 0 Å². The third-order valence-electron chi connectivity index (χ3n) is 3.77. The van der Waals surface area contributed by atoms with E-state index >= 15 is 0 Å². The number of carbonyl (C=O) groups excluding carboxylic acids is 1. The van der Waals surface area contributed by atoms with Crippen LogP contribution in [0.3, 0.4) is 0 Å². The molecule has 21 heavy (non-hydrogen) atoms. The molecule has 1 aromatic rings. The van der Waals surface area contributed by atoms with Gasteiger partial charge in [0.15, 0.2) is 0 Å². The summed E-state index contributed by atoms with van der Waals surface area (Å²) < 4.78 is 5.65. The minimum Gasteiger partial charge on any atom is -0.384 e. The third kappa shape index (κ3) is 3.94. The average molecular weight is 291 g/mol. The molecule has 0 aromatic carbocycles. The van der Waals surface area contributed by atoms with Crippen LogP contribution in [0.25, 0.3) is 0 Å². The predicted octanol–water partition coefficient (Wildman–Crippen LogP) is 2.43. The number of anilines is 1. The smallest absolute Gasteiger partial charge is 0.254 e. The maximum Gasteiger partial charge on any atom is 0.254 e. The van der Waals surface area contributed by atoms with E-state index in [0.717, 1.165) is 25.1 Å². The quantitative estimate of drug-likeness (QED) is 0.925. The van der Waals surface area contributed by atoms with Crippen molar-refractivity contribution in [1.82, 2.24) is 9.88 Å².